The number of morpholine rings is 1. The number of aromatic nitrogens is 4. The third-order valence-electron chi connectivity index (χ3n) is 3.54. The van der Waals surface area contributed by atoms with E-state index in [1.54, 1.807) is 24.5 Å². The van der Waals surface area contributed by atoms with Gasteiger partial charge in [0.25, 0.3) is 5.95 Å². The van der Waals surface area contributed by atoms with E-state index in [-0.39, 0.29) is 11.8 Å². The molecule has 0 bridgehead atoms. The fraction of sp³-hybridized carbons (Fsp3) is 0.500. The summed E-state index contributed by atoms with van der Waals surface area (Å²) in [5.41, 5.74) is 0.460. The lowest BCUT2D eigenvalue weighted by molar-refractivity contribution is 0.0985. The lowest BCUT2D eigenvalue weighted by Crippen LogP contribution is -2.44. The Morgan fingerprint density at radius 1 is 1.39 bits per heavy atom. The number of ether oxygens (including phenoxy) is 1. The van der Waals surface area contributed by atoms with Crippen molar-refractivity contribution in [2.45, 2.75) is 18.7 Å². The van der Waals surface area contributed by atoms with Gasteiger partial charge in [-0.2, -0.15) is 10.1 Å². The zero-order chi connectivity index (χ0) is 16.4. The Morgan fingerprint density at radius 3 is 2.87 bits per heavy atom. The van der Waals surface area contributed by atoms with E-state index in [0.29, 0.717) is 37.2 Å². The first-order valence-corrected chi connectivity index (χ1v) is 9.38. The molecule has 1 fully saturated rings. The van der Waals surface area contributed by atoms with Crippen molar-refractivity contribution in [3.05, 3.63) is 30.2 Å². The predicted octanol–water partition coefficient (Wildman–Crippen LogP) is 0.432. The van der Waals surface area contributed by atoms with Gasteiger partial charge in [0.05, 0.1) is 30.7 Å². The number of nitrogens with zero attached hydrogens (tertiary/aromatic N) is 5. The fourth-order valence-corrected chi connectivity index (χ4v) is 3.20. The van der Waals surface area contributed by atoms with Crippen LogP contribution in [0, 0.1) is 0 Å². The fourth-order valence-electron chi connectivity index (χ4n) is 2.52. The van der Waals surface area contributed by atoms with Crippen molar-refractivity contribution in [3.8, 4) is 5.95 Å². The third kappa shape index (κ3) is 3.85. The average Bonchev–Trinajstić information content (AvgIpc) is 2.99. The molecular weight excluding hydrogens is 318 g/mol. The maximum absolute atomic E-state index is 11.6. The number of hydrogen-bond donors (Lipinski definition) is 0. The summed E-state index contributed by atoms with van der Waals surface area (Å²) in [4.78, 5) is 11.0. The molecule has 1 aliphatic rings. The van der Waals surface area contributed by atoms with Crippen LogP contribution in [0.2, 0.25) is 0 Å². The molecule has 0 unspecified atom stereocenters. The van der Waals surface area contributed by atoms with Crippen molar-refractivity contribution in [1.29, 1.82) is 0 Å². The molecular formula is C14H19N5O3S. The van der Waals surface area contributed by atoms with Crippen LogP contribution in [0.4, 0.5) is 5.82 Å². The third-order valence-corrected chi connectivity index (χ3v) is 4.36. The largest absolute Gasteiger partial charge is 0.377 e. The van der Waals surface area contributed by atoms with Gasteiger partial charge in [-0.1, -0.05) is 0 Å². The minimum atomic E-state index is -3.19. The van der Waals surface area contributed by atoms with E-state index in [2.05, 4.69) is 20.0 Å². The smallest absolute Gasteiger partial charge is 0.252 e. The maximum Gasteiger partial charge on any atom is 0.252 e. The maximum atomic E-state index is 11.6. The summed E-state index contributed by atoms with van der Waals surface area (Å²) >= 11 is 0. The lowest BCUT2D eigenvalue weighted by atomic mass is 10.2. The van der Waals surface area contributed by atoms with Crippen molar-refractivity contribution in [1.82, 2.24) is 19.7 Å². The van der Waals surface area contributed by atoms with Crippen molar-refractivity contribution in [3.63, 3.8) is 0 Å². The molecule has 0 saturated carbocycles. The molecule has 0 radical (unpaired) electrons. The zero-order valence-electron chi connectivity index (χ0n) is 13.1. The predicted molar refractivity (Wildman–Crippen MR) is 85.3 cm³/mol. The van der Waals surface area contributed by atoms with E-state index in [9.17, 15) is 8.42 Å². The molecule has 0 amide bonds. The van der Waals surface area contributed by atoms with Crippen molar-refractivity contribution in [2.75, 3.05) is 30.9 Å². The highest BCUT2D eigenvalue weighted by atomic mass is 32.2. The van der Waals surface area contributed by atoms with E-state index in [4.69, 9.17) is 4.74 Å². The summed E-state index contributed by atoms with van der Waals surface area (Å²) < 4.78 is 30.2. The van der Waals surface area contributed by atoms with Crippen molar-refractivity contribution >= 4 is 15.7 Å². The molecule has 1 saturated heterocycles. The highest BCUT2D eigenvalue weighted by molar-refractivity contribution is 7.89. The molecule has 2 aromatic rings. The lowest BCUT2D eigenvalue weighted by Gasteiger charge is -2.34. The Morgan fingerprint density at radius 2 is 2.22 bits per heavy atom. The minimum Gasteiger partial charge on any atom is -0.377 e. The number of sulfone groups is 1. The summed E-state index contributed by atoms with van der Waals surface area (Å²) in [7, 11) is -3.19. The Kier molecular flexibility index (Phi) is 4.31. The normalized spacial score (nSPS) is 19.0. The Balaban J connectivity index is 2.04. The van der Waals surface area contributed by atoms with Crippen LogP contribution in [0.25, 0.3) is 5.95 Å². The van der Waals surface area contributed by atoms with E-state index >= 15 is 0 Å². The summed E-state index contributed by atoms with van der Waals surface area (Å²) in [5, 5.41) is 4.13. The highest BCUT2D eigenvalue weighted by Crippen LogP contribution is 2.20. The summed E-state index contributed by atoms with van der Waals surface area (Å²) in [6, 6.07) is 3.66. The molecule has 3 heterocycles. The van der Waals surface area contributed by atoms with Crippen molar-refractivity contribution < 1.29 is 13.2 Å². The topological polar surface area (TPSA) is 90.2 Å². The molecule has 0 aromatic carbocycles. The summed E-state index contributed by atoms with van der Waals surface area (Å²) in [6.07, 6.45) is 4.55. The SMILES string of the molecule is C[C@H]1COCCN1c1cc(CS(C)(=O)=O)nc(-n2cccn2)n1. The molecule has 1 atom stereocenters. The van der Waals surface area contributed by atoms with Crippen LogP contribution in [0.5, 0.6) is 0 Å². The van der Waals surface area contributed by atoms with Gasteiger partial charge >= 0.3 is 0 Å². The summed E-state index contributed by atoms with van der Waals surface area (Å²) in [5.74, 6) is 0.931. The van der Waals surface area contributed by atoms with Crippen LogP contribution >= 0.6 is 0 Å². The molecule has 0 N–H and O–H groups in total. The van der Waals surface area contributed by atoms with Crippen LogP contribution < -0.4 is 4.90 Å². The summed E-state index contributed by atoms with van der Waals surface area (Å²) in [6.45, 7) is 3.98. The number of anilines is 1. The standard InChI is InChI=1S/C14H19N5O3S/c1-11-9-22-7-6-18(11)13-8-12(10-23(2,20)21)16-14(17-13)19-5-3-4-15-19/h3-5,8,11H,6-7,9-10H2,1-2H3/t11-/m0/s1. The van der Waals surface area contributed by atoms with Gasteiger partial charge in [-0.3, -0.25) is 0 Å². The minimum absolute atomic E-state index is 0.129. The van der Waals surface area contributed by atoms with Gasteiger partial charge in [-0.05, 0) is 13.0 Å². The van der Waals surface area contributed by atoms with Gasteiger partial charge in [0.15, 0.2) is 9.84 Å². The molecule has 0 aliphatic carbocycles. The molecule has 1 aliphatic heterocycles. The van der Waals surface area contributed by atoms with Gasteiger partial charge in [0.2, 0.25) is 0 Å². The van der Waals surface area contributed by atoms with E-state index in [0.717, 1.165) is 0 Å². The van der Waals surface area contributed by atoms with Crippen molar-refractivity contribution in [2.24, 2.45) is 0 Å². The molecule has 9 heteroatoms. The zero-order valence-corrected chi connectivity index (χ0v) is 13.9. The first-order valence-electron chi connectivity index (χ1n) is 7.32. The van der Waals surface area contributed by atoms with Crippen LogP contribution in [-0.2, 0) is 20.3 Å². The first-order chi connectivity index (χ1) is 10.9. The van der Waals surface area contributed by atoms with Gasteiger partial charge in [0.1, 0.15) is 5.82 Å². The molecule has 2 aromatic heterocycles. The van der Waals surface area contributed by atoms with E-state index in [1.165, 1.54) is 10.9 Å². The highest BCUT2D eigenvalue weighted by Gasteiger charge is 2.22. The van der Waals surface area contributed by atoms with Gasteiger partial charge in [0, 0.05) is 31.3 Å². The van der Waals surface area contributed by atoms with Gasteiger partial charge < -0.3 is 9.64 Å². The second-order valence-electron chi connectivity index (χ2n) is 5.66. The molecule has 3 rings (SSSR count). The van der Waals surface area contributed by atoms with Crippen LogP contribution in [0.1, 0.15) is 12.6 Å². The van der Waals surface area contributed by atoms with Crippen LogP contribution in [0.3, 0.4) is 0 Å². The number of hydrogen-bond acceptors (Lipinski definition) is 7. The van der Waals surface area contributed by atoms with Crippen LogP contribution in [-0.4, -0.2) is 60.2 Å². The molecule has 0 spiro atoms. The average molecular weight is 337 g/mol. The van der Waals surface area contributed by atoms with Gasteiger partial charge in [-0.25, -0.2) is 18.1 Å². The second kappa shape index (κ2) is 6.25. The Labute approximate surface area is 135 Å². The van der Waals surface area contributed by atoms with Crippen LogP contribution in [0.15, 0.2) is 24.5 Å². The number of rotatable bonds is 4. The molecule has 23 heavy (non-hydrogen) atoms. The Bertz CT molecular complexity index is 776. The monoisotopic (exact) mass is 337 g/mol. The first kappa shape index (κ1) is 15.9. The van der Waals surface area contributed by atoms with E-state index in [1.807, 2.05) is 6.92 Å². The van der Waals surface area contributed by atoms with Gasteiger partial charge in [-0.15, -0.1) is 0 Å². The van der Waals surface area contributed by atoms with E-state index < -0.39 is 9.84 Å². The quantitative estimate of drug-likeness (QED) is 0.799. The Hall–Kier alpha value is -2.00. The molecule has 124 valence electrons. The second-order valence-corrected chi connectivity index (χ2v) is 7.80. The molecule has 8 nitrogen and oxygen atoms in total.